The summed E-state index contributed by atoms with van der Waals surface area (Å²) in [6.45, 7) is 1.88. The lowest BCUT2D eigenvalue weighted by molar-refractivity contribution is -0.140. The van der Waals surface area contributed by atoms with Crippen LogP contribution in [0.25, 0.3) is 0 Å². The van der Waals surface area contributed by atoms with Crippen LogP contribution in [0.15, 0.2) is 71.2 Å². The summed E-state index contributed by atoms with van der Waals surface area (Å²) in [5.41, 5.74) is 4.66. The standard InChI is InChI=1S/C28H21BrCl2N2O3/c1-15-14-16(10-11-21(15)29)32-22(34)12-13-33-25(35)23-24(26(33)36)28(31)18-7-3-2-6-17(18)27(23,30)19-8-4-5-9-20(19)28/h2-11,14,23-24H,12-13H2,1H3,(H,32,34)/t23-,24-,27?,28?/m0/s1. The monoisotopic (exact) mass is 582 g/mol. The van der Waals surface area contributed by atoms with Crippen molar-refractivity contribution < 1.29 is 14.4 Å². The van der Waals surface area contributed by atoms with E-state index in [1.165, 1.54) is 4.90 Å². The summed E-state index contributed by atoms with van der Waals surface area (Å²) in [5, 5.41) is 2.84. The summed E-state index contributed by atoms with van der Waals surface area (Å²) in [7, 11) is 0. The van der Waals surface area contributed by atoms with E-state index in [0.29, 0.717) is 5.69 Å². The molecule has 3 amide bonds. The van der Waals surface area contributed by atoms with Crippen LogP contribution in [0.2, 0.25) is 0 Å². The molecular formula is C28H21BrCl2N2O3. The highest BCUT2D eigenvalue weighted by atomic mass is 79.9. The fourth-order valence-corrected chi connectivity index (χ4v) is 7.45. The molecule has 0 unspecified atom stereocenters. The Bertz CT molecular complexity index is 1350. The zero-order valence-electron chi connectivity index (χ0n) is 19.2. The van der Waals surface area contributed by atoms with Gasteiger partial charge in [-0.05, 0) is 52.9 Å². The number of amides is 3. The first-order valence-corrected chi connectivity index (χ1v) is 13.2. The maximum atomic E-state index is 13.8. The number of hydrogen-bond acceptors (Lipinski definition) is 3. The number of rotatable bonds is 4. The molecule has 1 fully saturated rings. The van der Waals surface area contributed by atoms with Crippen LogP contribution in [0.1, 0.15) is 34.2 Å². The molecule has 3 aromatic rings. The van der Waals surface area contributed by atoms with Gasteiger partial charge in [-0.25, -0.2) is 0 Å². The lowest BCUT2D eigenvalue weighted by Gasteiger charge is -2.54. The maximum absolute atomic E-state index is 13.8. The van der Waals surface area contributed by atoms with E-state index < -0.39 is 21.6 Å². The summed E-state index contributed by atoms with van der Waals surface area (Å²) in [6.07, 6.45) is -0.0313. The van der Waals surface area contributed by atoms with Crippen molar-refractivity contribution >= 4 is 62.5 Å². The van der Waals surface area contributed by atoms with Crippen LogP contribution >= 0.6 is 39.1 Å². The number of imide groups is 1. The van der Waals surface area contributed by atoms with E-state index in [1.54, 1.807) is 6.07 Å². The second-order valence-electron chi connectivity index (χ2n) is 9.56. The van der Waals surface area contributed by atoms with Crippen molar-refractivity contribution in [3.63, 3.8) is 0 Å². The van der Waals surface area contributed by atoms with Gasteiger partial charge in [0, 0.05) is 23.1 Å². The summed E-state index contributed by atoms with van der Waals surface area (Å²) in [4.78, 5) is 39.0. The molecule has 7 rings (SSSR count). The van der Waals surface area contributed by atoms with Crippen molar-refractivity contribution in [3.05, 3.63) is 99.0 Å². The van der Waals surface area contributed by atoms with Gasteiger partial charge in [0.05, 0.1) is 11.8 Å². The molecule has 182 valence electrons. The number of nitrogens with zero attached hydrogens (tertiary/aromatic N) is 1. The van der Waals surface area contributed by atoms with Crippen LogP contribution < -0.4 is 5.32 Å². The number of carbonyl (C=O) groups excluding carboxylic acids is 3. The predicted octanol–water partition coefficient (Wildman–Crippen LogP) is 5.68. The van der Waals surface area contributed by atoms with Gasteiger partial charge in [-0.2, -0.15) is 0 Å². The molecule has 4 aliphatic rings. The maximum Gasteiger partial charge on any atom is 0.235 e. The van der Waals surface area contributed by atoms with Gasteiger partial charge in [0.25, 0.3) is 0 Å². The molecule has 2 bridgehead atoms. The summed E-state index contributed by atoms with van der Waals surface area (Å²) >= 11 is 18.2. The van der Waals surface area contributed by atoms with E-state index in [9.17, 15) is 14.4 Å². The number of aryl methyl sites for hydroxylation is 1. The highest BCUT2D eigenvalue weighted by Crippen LogP contribution is 2.69. The Hall–Kier alpha value is -2.67. The van der Waals surface area contributed by atoms with Crippen LogP contribution in [0.4, 0.5) is 5.69 Å². The summed E-state index contributed by atoms with van der Waals surface area (Å²) < 4.78 is 0.943. The average molecular weight is 584 g/mol. The molecular weight excluding hydrogens is 563 g/mol. The van der Waals surface area contributed by atoms with E-state index in [-0.39, 0.29) is 30.7 Å². The number of alkyl halides is 2. The van der Waals surface area contributed by atoms with Crippen molar-refractivity contribution in [3.8, 4) is 0 Å². The van der Waals surface area contributed by atoms with Crippen molar-refractivity contribution in [2.24, 2.45) is 11.8 Å². The molecule has 0 aromatic heterocycles. The van der Waals surface area contributed by atoms with Gasteiger partial charge in [-0.1, -0.05) is 64.5 Å². The Morgan fingerprint density at radius 3 is 1.81 bits per heavy atom. The molecule has 1 N–H and O–H groups in total. The second-order valence-corrected chi connectivity index (χ2v) is 11.6. The van der Waals surface area contributed by atoms with Crippen LogP contribution in [-0.4, -0.2) is 29.2 Å². The van der Waals surface area contributed by atoms with Crippen LogP contribution in [0.5, 0.6) is 0 Å². The van der Waals surface area contributed by atoms with Gasteiger partial charge < -0.3 is 5.32 Å². The lowest BCUT2D eigenvalue weighted by Crippen LogP contribution is -2.57. The highest BCUT2D eigenvalue weighted by molar-refractivity contribution is 9.10. The van der Waals surface area contributed by atoms with Gasteiger partial charge in [0.2, 0.25) is 17.7 Å². The quantitative estimate of drug-likeness (QED) is 0.317. The van der Waals surface area contributed by atoms with Gasteiger partial charge in [0.15, 0.2) is 0 Å². The molecule has 0 saturated carbocycles. The smallest absolute Gasteiger partial charge is 0.235 e. The number of nitrogens with one attached hydrogen (secondary N) is 1. The van der Waals surface area contributed by atoms with Crippen molar-refractivity contribution in [2.75, 3.05) is 11.9 Å². The minimum absolute atomic E-state index is 0.0313. The molecule has 1 aliphatic heterocycles. The Labute approximate surface area is 226 Å². The molecule has 0 spiro atoms. The van der Waals surface area contributed by atoms with Crippen molar-refractivity contribution in [1.82, 2.24) is 4.90 Å². The van der Waals surface area contributed by atoms with Crippen LogP contribution in [-0.2, 0) is 24.1 Å². The minimum Gasteiger partial charge on any atom is -0.326 e. The van der Waals surface area contributed by atoms with Crippen LogP contribution in [0.3, 0.4) is 0 Å². The molecule has 0 radical (unpaired) electrons. The Morgan fingerprint density at radius 1 is 0.889 bits per heavy atom. The molecule has 3 aromatic carbocycles. The Balaban J connectivity index is 1.33. The summed E-state index contributed by atoms with van der Waals surface area (Å²) in [5.74, 6) is -2.78. The zero-order chi connectivity index (χ0) is 25.4. The molecule has 1 saturated heterocycles. The van der Waals surface area contributed by atoms with Gasteiger partial charge in [0.1, 0.15) is 9.75 Å². The number of anilines is 1. The van der Waals surface area contributed by atoms with Gasteiger partial charge in [-0.3, -0.25) is 19.3 Å². The van der Waals surface area contributed by atoms with Crippen LogP contribution in [0, 0.1) is 18.8 Å². The molecule has 8 heteroatoms. The van der Waals surface area contributed by atoms with E-state index in [2.05, 4.69) is 21.2 Å². The lowest BCUT2D eigenvalue weighted by atomic mass is 9.54. The first-order valence-electron chi connectivity index (χ1n) is 11.7. The molecule has 2 atom stereocenters. The predicted molar refractivity (Wildman–Crippen MR) is 142 cm³/mol. The van der Waals surface area contributed by atoms with E-state index >= 15 is 0 Å². The third-order valence-electron chi connectivity index (χ3n) is 7.68. The fourth-order valence-electron chi connectivity index (χ4n) is 6.10. The van der Waals surface area contributed by atoms with E-state index in [0.717, 1.165) is 32.3 Å². The molecule has 1 heterocycles. The largest absolute Gasteiger partial charge is 0.326 e. The number of benzene rings is 3. The van der Waals surface area contributed by atoms with Gasteiger partial charge in [-0.15, -0.1) is 23.2 Å². The third-order valence-corrected chi connectivity index (χ3v) is 9.86. The fraction of sp³-hybridized carbons (Fsp3) is 0.250. The number of likely N-dealkylation sites (tertiary alicyclic amines) is 1. The number of halogens is 3. The molecule has 36 heavy (non-hydrogen) atoms. The Morgan fingerprint density at radius 2 is 1.36 bits per heavy atom. The number of hydrogen-bond donors (Lipinski definition) is 1. The second kappa shape index (κ2) is 8.17. The van der Waals surface area contributed by atoms with Crippen molar-refractivity contribution in [1.29, 1.82) is 0 Å². The minimum atomic E-state index is -1.22. The first kappa shape index (κ1) is 23.7. The first-order chi connectivity index (χ1) is 17.2. The Kier molecular flexibility index (Phi) is 5.38. The topological polar surface area (TPSA) is 66.5 Å². The van der Waals surface area contributed by atoms with Crippen molar-refractivity contribution in [2.45, 2.75) is 23.1 Å². The SMILES string of the molecule is Cc1cc(NC(=O)CCN2C(=O)[C@@H]3[C@@H](C2=O)C2(Cl)c4ccccc4C3(Cl)c3ccccc32)ccc1Br. The molecule has 5 nitrogen and oxygen atoms in total. The molecule has 3 aliphatic carbocycles. The average Bonchev–Trinajstić information content (AvgIpc) is 3.14. The highest BCUT2D eigenvalue weighted by Gasteiger charge is 2.72. The van der Waals surface area contributed by atoms with E-state index in [4.69, 9.17) is 23.2 Å². The third kappa shape index (κ3) is 3.04. The van der Waals surface area contributed by atoms with E-state index in [1.807, 2.05) is 67.6 Å². The summed E-state index contributed by atoms with van der Waals surface area (Å²) in [6, 6.07) is 20.5. The van der Waals surface area contributed by atoms with Gasteiger partial charge >= 0.3 is 0 Å². The zero-order valence-corrected chi connectivity index (χ0v) is 22.3. The normalized spacial score (nSPS) is 27.5. The number of carbonyl (C=O) groups is 3.